The summed E-state index contributed by atoms with van der Waals surface area (Å²) in [6, 6.07) is 8.20. The van der Waals surface area contributed by atoms with E-state index < -0.39 is 0 Å². The number of rotatable bonds is 7. The molecule has 2 rings (SSSR count). The summed E-state index contributed by atoms with van der Waals surface area (Å²) >= 11 is 0. The number of aliphatic imine (C=N–C) groups is 1. The lowest BCUT2D eigenvalue weighted by Gasteiger charge is -2.18. The number of nitrogens with zero attached hydrogens (tertiary/aromatic N) is 2. The number of nitrogens with one attached hydrogen (secondary N) is 2. The molecule has 1 heterocycles. The topological polar surface area (TPSA) is 56.7 Å². The van der Waals surface area contributed by atoms with Gasteiger partial charge in [-0.2, -0.15) is 0 Å². The molecule has 0 spiro atoms. The number of hydrogen-bond donors (Lipinski definition) is 2. The van der Waals surface area contributed by atoms with E-state index >= 15 is 0 Å². The van der Waals surface area contributed by atoms with Gasteiger partial charge in [0, 0.05) is 32.6 Å². The Balaban J connectivity index is 0.00000288. The predicted octanol–water partition coefficient (Wildman–Crippen LogP) is 2.67. The molecule has 0 bridgehead atoms. The molecule has 0 aromatic heterocycles. The largest absolute Gasteiger partial charge is 0.357 e. The molecular formula is C18H27IN4O. The quantitative estimate of drug-likeness (QED) is 0.296. The van der Waals surface area contributed by atoms with Gasteiger partial charge in [-0.3, -0.25) is 4.79 Å². The van der Waals surface area contributed by atoms with E-state index in [1.165, 1.54) is 5.56 Å². The van der Waals surface area contributed by atoms with Crippen molar-refractivity contribution in [2.75, 3.05) is 19.6 Å². The number of hydrogen-bond acceptors (Lipinski definition) is 2. The maximum absolute atomic E-state index is 11.8. The van der Waals surface area contributed by atoms with Gasteiger partial charge in [-0.15, -0.1) is 30.6 Å². The molecule has 24 heavy (non-hydrogen) atoms. The molecule has 0 unspecified atom stereocenters. The second kappa shape index (κ2) is 11.1. The van der Waals surface area contributed by atoms with Crippen molar-refractivity contribution in [2.24, 2.45) is 4.99 Å². The Bertz CT molecular complexity index is 574. The average molecular weight is 442 g/mol. The first-order valence-corrected chi connectivity index (χ1v) is 8.22. The highest BCUT2D eigenvalue weighted by atomic mass is 127. The molecule has 0 radical (unpaired) electrons. The molecule has 1 aromatic rings. The molecule has 1 fully saturated rings. The number of likely N-dealkylation sites (tertiary alicyclic amines) is 1. The number of benzene rings is 1. The number of guanidine groups is 1. The zero-order valence-corrected chi connectivity index (χ0v) is 16.6. The fourth-order valence-electron chi connectivity index (χ4n) is 2.62. The van der Waals surface area contributed by atoms with Crippen molar-refractivity contribution in [3.8, 4) is 0 Å². The van der Waals surface area contributed by atoms with Gasteiger partial charge in [-0.05, 0) is 24.5 Å². The van der Waals surface area contributed by atoms with Crippen LogP contribution in [-0.4, -0.2) is 36.4 Å². The summed E-state index contributed by atoms with van der Waals surface area (Å²) in [5.74, 6) is 1.03. The lowest BCUT2D eigenvalue weighted by atomic mass is 10.1. The van der Waals surface area contributed by atoms with Crippen LogP contribution in [0.3, 0.4) is 0 Å². The SMILES string of the molecule is C=CCNC(=NCc1ccccc1CN1CCCC1=O)NCC.I. The molecule has 0 atom stereocenters. The minimum absolute atomic E-state index is 0. The molecule has 1 amide bonds. The monoisotopic (exact) mass is 442 g/mol. The molecule has 0 saturated carbocycles. The molecule has 2 N–H and O–H groups in total. The summed E-state index contributed by atoms with van der Waals surface area (Å²) in [6.45, 7) is 9.37. The van der Waals surface area contributed by atoms with Crippen molar-refractivity contribution < 1.29 is 4.79 Å². The maximum atomic E-state index is 11.8. The first-order chi connectivity index (χ1) is 11.2. The maximum Gasteiger partial charge on any atom is 0.222 e. The molecule has 6 heteroatoms. The van der Waals surface area contributed by atoms with Crippen LogP contribution in [0.4, 0.5) is 0 Å². The number of amides is 1. The third-order valence-electron chi connectivity index (χ3n) is 3.82. The fourth-order valence-corrected chi connectivity index (χ4v) is 2.62. The standard InChI is InChI=1S/C18H26N4O.HI/c1-3-11-20-18(19-4-2)21-13-15-8-5-6-9-16(15)14-22-12-7-10-17(22)23;/h3,5-6,8-9H,1,4,7,10-14H2,2H3,(H2,19,20,21);1H. The average Bonchev–Trinajstić information content (AvgIpc) is 2.96. The van der Waals surface area contributed by atoms with Crippen LogP contribution < -0.4 is 10.6 Å². The summed E-state index contributed by atoms with van der Waals surface area (Å²) < 4.78 is 0. The minimum Gasteiger partial charge on any atom is -0.357 e. The van der Waals surface area contributed by atoms with E-state index in [1.54, 1.807) is 6.08 Å². The van der Waals surface area contributed by atoms with E-state index in [2.05, 4.69) is 34.3 Å². The fraction of sp³-hybridized carbons (Fsp3) is 0.444. The van der Waals surface area contributed by atoms with Crippen LogP contribution in [0.2, 0.25) is 0 Å². The molecule has 1 aliphatic heterocycles. The molecular weight excluding hydrogens is 415 g/mol. The normalized spacial score (nSPS) is 14.3. The minimum atomic E-state index is 0. The van der Waals surface area contributed by atoms with Gasteiger partial charge in [-0.1, -0.05) is 30.3 Å². The second-order valence-corrected chi connectivity index (χ2v) is 5.55. The Morgan fingerprint density at radius 2 is 2.08 bits per heavy atom. The Morgan fingerprint density at radius 1 is 1.33 bits per heavy atom. The van der Waals surface area contributed by atoms with Crippen molar-refractivity contribution in [1.29, 1.82) is 0 Å². The van der Waals surface area contributed by atoms with E-state index in [-0.39, 0.29) is 29.9 Å². The van der Waals surface area contributed by atoms with Crippen LogP contribution in [0.15, 0.2) is 41.9 Å². The molecule has 1 aromatic carbocycles. The van der Waals surface area contributed by atoms with Crippen LogP contribution in [0.1, 0.15) is 30.9 Å². The molecule has 1 aliphatic rings. The van der Waals surface area contributed by atoms with E-state index in [9.17, 15) is 4.79 Å². The van der Waals surface area contributed by atoms with Crippen molar-refractivity contribution in [1.82, 2.24) is 15.5 Å². The lowest BCUT2D eigenvalue weighted by Crippen LogP contribution is -2.37. The second-order valence-electron chi connectivity index (χ2n) is 5.55. The van der Waals surface area contributed by atoms with Gasteiger partial charge in [0.2, 0.25) is 5.91 Å². The van der Waals surface area contributed by atoms with E-state index in [0.29, 0.717) is 26.1 Å². The number of halogens is 1. The Morgan fingerprint density at radius 3 is 2.71 bits per heavy atom. The summed E-state index contributed by atoms with van der Waals surface area (Å²) in [4.78, 5) is 18.4. The third kappa shape index (κ3) is 6.14. The Kier molecular flexibility index (Phi) is 9.44. The third-order valence-corrected chi connectivity index (χ3v) is 3.82. The van der Waals surface area contributed by atoms with Gasteiger partial charge in [0.25, 0.3) is 0 Å². The summed E-state index contributed by atoms with van der Waals surface area (Å²) in [7, 11) is 0. The highest BCUT2D eigenvalue weighted by Gasteiger charge is 2.20. The summed E-state index contributed by atoms with van der Waals surface area (Å²) in [5, 5.41) is 6.41. The lowest BCUT2D eigenvalue weighted by molar-refractivity contribution is -0.128. The van der Waals surface area contributed by atoms with Gasteiger partial charge in [0.05, 0.1) is 6.54 Å². The molecule has 5 nitrogen and oxygen atoms in total. The predicted molar refractivity (Wildman–Crippen MR) is 110 cm³/mol. The molecule has 0 aliphatic carbocycles. The number of carbonyl (C=O) groups is 1. The highest BCUT2D eigenvalue weighted by Crippen LogP contribution is 2.17. The van der Waals surface area contributed by atoms with Crippen LogP contribution >= 0.6 is 24.0 Å². The smallest absolute Gasteiger partial charge is 0.222 e. The van der Waals surface area contributed by atoms with E-state index in [4.69, 9.17) is 0 Å². The van der Waals surface area contributed by atoms with Crippen molar-refractivity contribution in [3.63, 3.8) is 0 Å². The summed E-state index contributed by atoms with van der Waals surface area (Å²) in [5.41, 5.74) is 2.33. The van der Waals surface area contributed by atoms with Gasteiger partial charge in [0.15, 0.2) is 5.96 Å². The van der Waals surface area contributed by atoms with Crippen LogP contribution in [0.25, 0.3) is 0 Å². The van der Waals surface area contributed by atoms with Gasteiger partial charge in [-0.25, -0.2) is 4.99 Å². The van der Waals surface area contributed by atoms with E-state index in [1.807, 2.05) is 24.0 Å². The Labute approximate surface area is 161 Å². The first kappa shape index (κ1) is 20.5. The molecule has 132 valence electrons. The van der Waals surface area contributed by atoms with Crippen LogP contribution in [0.5, 0.6) is 0 Å². The van der Waals surface area contributed by atoms with Crippen molar-refractivity contribution in [2.45, 2.75) is 32.9 Å². The Hall–Kier alpha value is -1.57. The zero-order chi connectivity index (χ0) is 16.5. The van der Waals surface area contributed by atoms with Gasteiger partial charge < -0.3 is 15.5 Å². The number of carbonyl (C=O) groups excluding carboxylic acids is 1. The van der Waals surface area contributed by atoms with Gasteiger partial charge >= 0.3 is 0 Å². The summed E-state index contributed by atoms with van der Waals surface area (Å²) in [6.07, 6.45) is 3.45. The van der Waals surface area contributed by atoms with Crippen LogP contribution in [-0.2, 0) is 17.9 Å². The first-order valence-electron chi connectivity index (χ1n) is 8.22. The van der Waals surface area contributed by atoms with Gasteiger partial charge in [0.1, 0.15) is 0 Å². The van der Waals surface area contributed by atoms with Crippen LogP contribution in [0, 0.1) is 0 Å². The molecule has 1 saturated heterocycles. The zero-order valence-electron chi connectivity index (χ0n) is 14.3. The van der Waals surface area contributed by atoms with E-state index in [0.717, 1.165) is 31.0 Å². The highest BCUT2D eigenvalue weighted by molar-refractivity contribution is 14.0. The van der Waals surface area contributed by atoms with Crippen molar-refractivity contribution in [3.05, 3.63) is 48.0 Å². The van der Waals surface area contributed by atoms with Crippen molar-refractivity contribution >= 4 is 35.8 Å².